The molecule has 1 atom stereocenters. The van der Waals surface area contributed by atoms with Crippen LogP contribution in [0.3, 0.4) is 0 Å². The molecule has 0 aliphatic carbocycles. The molecular weight excluding hydrogens is 282 g/mol. The standard InChI is InChI=1S/C12H12BrN3O/c1-9(13)12(17)15-10-4-2-3-5-11(10)16-7-6-14-8-16/h2-9H,1H3,(H,15,17). The van der Waals surface area contributed by atoms with E-state index in [4.69, 9.17) is 0 Å². The number of rotatable bonds is 3. The minimum Gasteiger partial charge on any atom is -0.323 e. The Labute approximate surface area is 108 Å². The van der Waals surface area contributed by atoms with Gasteiger partial charge in [-0.25, -0.2) is 4.98 Å². The van der Waals surface area contributed by atoms with Crippen LogP contribution in [-0.4, -0.2) is 20.3 Å². The lowest BCUT2D eigenvalue weighted by Crippen LogP contribution is -2.20. The van der Waals surface area contributed by atoms with Gasteiger partial charge in [0, 0.05) is 12.4 Å². The number of benzene rings is 1. The zero-order chi connectivity index (χ0) is 12.3. The molecule has 5 heteroatoms. The normalized spacial score (nSPS) is 12.1. The number of carbonyl (C=O) groups is 1. The first kappa shape index (κ1) is 11.9. The van der Waals surface area contributed by atoms with Crippen molar-refractivity contribution < 1.29 is 4.79 Å². The lowest BCUT2D eigenvalue weighted by molar-refractivity contribution is -0.115. The minimum atomic E-state index is -0.224. The third kappa shape index (κ3) is 2.74. The number of para-hydroxylation sites is 2. The number of nitrogens with zero attached hydrogens (tertiary/aromatic N) is 2. The topological polar surface area (TPSA) is 46.9 Å². The molecule has 0 saturated carbocycles. The van der Waals surface area contributed by atoms with E-state index in [2.05, 4.69) is 26.2 Å². The lowest BCUT2D eigenvalue weighted by Gasteiger charge is -2.12. The summed E-state index contributed by atoms with van der Waals surface area (Å²) in [6.07, 6.45) is 5.23. The maximum atomic E-state index is 11.7. The number of imidazole rings is 1. The number of aromatic nitrogens is 2. The Morgan fingerprint density at radius 2 is 2.24 bits per heavy atom. The van der Waals surface area contributed by atoms with Gasteiger partial charge in [0.2, 0.25) is 5.91 Å². The van der Waals surface area contributed by atoms with Gasteiger partial charge in [0.25, 0.3) is 0 Å². The van der Waals surface area contributed by atoms with Crippen molar-refractivity contribution in [3.8, 4) is 5.69 Å². The maximum absolute atomic E-state index is 11.7. The summed E-state index contributed by atoms with van der Waals surface area (Å²) < 4.78 is 1.86. The summed E-state index contributed by atoms with van der Waals surface area (Å²) >= 11 is 3.24. The summed E-state index contributed by atoms with van der Waals surface area (Å²) in [5.41, 5.74) is 1.66. The van der Waals surface area contributed by atoms with Gasteiger partial charge in [0.15, 0.2) is 0 Å². The van der Waals surface area contributed by atoms with Crippen molar-refractivity contribution in [1.29, 1.82) is 0 Å². The highest BCUT2D eigenvalue weighted by molar-refractivity contribution is 9.10. The molecule has 0 bridgehead atoms. The molecule has 0 aliphatic heterocycles. The van der Waals surface area contributed by atoms with E-state index >= 15 is 0 Å². The Hall–Kier alpha value is -1.62. The van der Waals surface area contributed by atoms with Gasteiger partial charge in [0.05, 0.1) is 22.5 Å². The van der Waals surface area contributed by atoms with Crippen LogP contribution in [0, 0.1) is 0 Å². The second kappa shape index (κ2) is 5.14. The van der Waals surface area contributed by atoms with Gasteiger partial charge in [-0.1, -0.05) is 28.1 Å². The second-order valence-electron chi connectivity index (χ2n) is 3.59. The molecule has 1 aromatic heterocycles. The third-order valence-corrected chi connectivity index (χ3v) is 2.72. The minimum absolute atomic E-state index is 0.0717. The number of hydrogen-bond acceptors (Lipinski definition) is 2. The zero-order valence-corrected chi connectivity index (χ0v) is 10.9. The summed E-state index contributed by atoms with van der Waals surface area (Å²) in [4.78, 5) is 15.4. The Balaban J connectivity index is 2.32. The molecule has 0 fully saturated rings. The van der Waals surface area contributed by atoms with Gasteiger partial charge in [-0.3, -0.25) is 4.79 Å². The van der Waals surface area contributed by atoms with E-state index in [9.17, 15) is 4.79 Å². The lowest BCUT2D eigenvalue weighted by atomic mass is 10.2. The van der Waals surface area contributed by atoms with Crippen LogP contribution in [-0.2, 0) is 4.79 Å². The highest BCUT2D eigenvalue weighted by Gasteiger charge is 2.11. The second-order valence-corrected chi connectivity index (χ2v) is 4.97. The summed E-state index contributed by atoms with van der Waals surface area (Å²) in [6.45, 7) is 1.79. The van der Waals surface area contributed by atoms with Crippen LogP contribution in [0.25, 0.3) is 5.69 Å². The highest BCUT2D eigenvalue weighted by Crippen LogP contribution is 2.20. The highest BCUT2D eigenvalue weighted by atomic mass is 79.9. The Bertz CT molecular complexity index is 508. The number of alkyl halides is 1. The van der Waals surface area contributed by atoms with E-state index in [1.807, 2.05) is 35.0 Å². The monoisotopic (exact) mass is 293 g/mol. The number of halogens is 1. The molecule has 0 spiro atoms. The van der Waals surface area contributed by atoms with Gasteiger partial charge in [-0.05, 0) is 19.1 Å². The molecule has 0 saturated heterocycles. The SMILES string of the molecule is CC(Br)C(=O)Nc1ccccc1-n1ccnc1. The van der Waals surface area contributed by atoms with E-state index in [1.165, 1.54) is 0 Å². The van der Waals surface area contributed by atoms with Crippen molar-refractivity contribution in [2.75, 3.05) is 5.32 Å². The van der Waals surface area contributed by atoms with Crippen molar-refractivity contribution in [1.82, 2.24) is 9.55 Å². The molecule has 0 radical (unpaired) electrons. The molecule has 2 rings (SSSR count). The first-order valence-electron chi connectivity index (χ1n) is 5.21. The first-order chi connectivity index (χ1) is 8.18. The van der Waals surface area contributed by atoms with Crippen molar-refractivity contribution in [3.63, 3.8) is 0 Å². The maximum Gasteiger partial charge on any atom is 0.237 e. The summed E-state index contributed by atoms with van der Waals surface area (Å²) in [5.74, 6) is -0.0717. The fourth-order valence-corrected chi connectivity index (χ4v) is 1.55. The third-order valence-electron chi connectivity index (χ3n) is 2.31. The van der Waals surface area contributed by atoms with Gasteiger partial charge in [-0.15, -0.1) is 0 Å². The molecule has 0 aliphatic rings. The van der Waals surface area contributed by atoms with Gasteiger partial charge in [-0.2, -0.15) is 0 Å². The molecule has 4 nitrogen and oxygen atoms in total. The summed E-state index contributed by atoms with van der Waals surface area (Å²) in [6, 6.07) is 7.59. The largest absolute Gasteiger partial charge is 0.323 e. The van der Waals surface area contributed by atoms with Crippen LogP contribution in [0.2, 0.25) is 0 Å². The van der Waals surface area contributed by atoms with Crippen molar-refractivity contribution in [3.05, 3.63) is 43.0 Å². The fourth-order valence-electron chi connectivity index (χ4n) is 1.44. The molecule has 2 aromatic rings. The van der Waals surface area contributed by atoms with Crippen molar-refractivity contribution >= 4 is 27.5 Å². The zero-order valence-electron chi connectivity index (χ0n) is 9.30. The molecule has 88 valence electrons. The van der Waals surface area contributed by atoms with Crippen LogP contribution in [0.4, 0.5) is 5.69 Å². The molecule has 1 aromatic carbocycles. The molecule has 1 heterocycles. The van der Waals surface area contributed by atoms with Gasteiger partial charge in [0.1, 0.15) is 0 Å². The Morgan fingerprint density at radius 1 is 1.47 bits per heavy atom. The van der Waals surface area contributed by atoms with Gasteiger partial charge < -0.3 is 9.88 Å². The predicted octanol–water partition coefficient (Wildman–Crippen LogP) is 2.59. The smallest absolute Gasteiger partial charge is 0.237 e. The number of carbonyl (C=O) groups excluding carboxylic acids is 1. The number of anilines is 1. The molecular formula is C12H12BrN3O. The van der Waals surface area contributed by atoms with Crippen LogP contribution in [0.5, 0.6) is 0 Å². The van der Waals surface area contributed by atoms with E-state index in [1.54, 1.807) is 19.4 Å². The van der Waals surface area contributed by atoms with E-state index in [0.29, 0.717) is 0 Å². The molecule has 1 unspecified atom stereocenters. The first-order valence-corrected chi connectivity index (χ1v) is 6.12. The van der Waals surface area contributed by atoms with Crippen molar-refractivity contribution in [2.45, 2.75) is 11.8 Å². The number of nitrogens with one attached hydrogen (secondary N) is 1. The van der Waals surface area contributed by atoms with Crippen LogP contribution in [0.15, 0.2) is 43.0 Å². The fraction of sp³-hybridized carbons (Fsp3) is 0.167. The van der Waals surface area contributed by atoms with Crippen LogP contribution in [0.1, 0.15) is 6.92 Å². The van der Waals surface area contributed by atoms with E-state index in [-0.39, 0.29) is 10.7 Å². The summed E-state index contributed by atoms with van der Waals surface area (Å²) in [7, 11) is 0. The average Bonchev–Trinajstić information content (AvgIpc) is 2.83. The Kier molecular flexibility index (Phi) is 3.58. The Morgan fingerprint density at radius 3 is 2.88 bits per heavy atom. The van der Waals surface area contributed by atoms with Crippen molar-refractivity contribution in [2.24, 2.45) is 0 Å². The number of amides is 1. The van der Waals surface area contributed by atoms with E-state index < -0.39 is 0 Å². The van der Waals surface area contributed by atoms with Gasteiger partial charge >= 0.3 is 0 Å². The van der Waals surface area contributed by atoms with E-state index in [0.717, 1.165) is 11.4 Å². The van der Waals surface area contributed by atoms with Crippen LogP contribution < -0.4 is 5.32 Å². The molecule has 17 heavy (non-hydrogen) atoms. The number of hydrogen-bond donors (Lipinski definition) is 1. The molecule has 1 amide bonds. The average molecular weight is 294 g/mol. The van der Waals surface area contributed by atoms with Crippen LogP contribution >= 0.6 is 15.9 Å². The quantitative estimate of drug-likeness (QED) is 0.884. The molecule has 1 N–H and O–H groups in total. The summed E-state index contributed by atoms with van der Waals surface area (Å²) in [5, 5.41) is 2.86. The predicted molar refractivity (Wildman–Crippen MR) is 70.6 cm³/mol.